The van der Waals surface area contributed by atoms with E-state index in [2.05, 4.69) is 15.2 Å². The monoisotopic (exact) mass is 374 g/mol. The van der Waals surface area contributed by atoms with Crippen molar-refractivity contribution in [2.45, 2.75) is 31.7 Å². The van der Waals surface area contributed by atoms with Gasteiger partial charge in [0.15, 0.2) is 6.29 Å². The first-order valence-corrected chi connectivity index (χ1v) is 8.97. The van der Waals surface area contributed by atoms with Crippen molar-refractivity contribution in [2.24, 2.45) is 5.92 Å². The first-order valence-electron chi connectivity index (χ1n) is 8.97. The van der Waals surface area contributed by atoms with Gasteiger partial charge in [-0.1, -0.05) is 0 Å². The predicted molar refractivity (Wildman–Crippen MR) is 93.8 cm³/mol. The predicted octanol–water partition coefficient (Wildman–Crippen LogP) is -0.102. The number of methoxy groups -OCH3 is 2. The van der Waals surface area contributed by atoms with Crippen LogP contribution >= 0.6 is 0 Å². The maximum Gasteiger partial charge on any atom is 0.256 e. The minimum Gasteiger partial charge on any atom is -0.356 e. The summed E-state index contributed by atoms with van der Waals surface area (Å²) in [4.78, 5) is 44.4. The smallest absolute Gasteiger partial charge is 0.256 e. The van der Waals surface area contributed by atoms with Gasteiger partial charge in [0, 0.05) is 39.6 Å². The molecular weight excluding hydrogens is 352 g/mol. The molecule has 4 rings (SSSR count). The molecule has 2 saturated heterocycles. The van der Waals surface area contributed by atoms with Crippen LogP contribution in [-0.2, 0) is 25.6 Å². The Balaban J connectivity index is 1.46. The van der Waals surface area contributed by atoms with E-state index in [1.807, 2.05) is 6.07 Å². The van der Waals surface area contributed by atoms with E-state index in [0.717, 1.165) is 18.9 Å². The number of piperidine rings is 1. The van der Waals surface area contributed by atoms with Crippen molar-refractivity contribution < 1.29 is 23.9 Å². The molecule has 9 heteroatoms. The molecule has 0 aromatic carbocycles. The van der Waals surface area contributed by atoms with Crippen LogP contribution < -0.4 is 10.2 Å². The van der Waals surface area contributed by atoms with Gasteiger partial charge in [-0.05, 0) is 18.6 Å². The number of carbonyl (C=O) groups excluding carboxylic acids is 3. The van der Waals surface area contributed by atoms with Crippen molar-refractivity contribution in [1.29, 1.82) is 0 Å². The third-order valence-electron chi connectivity index (χ3n) is 5.44. The van der Waals surface area contributed by atoms with Gasteiger partial charge in [-0.2, -0.15) is 0 Å². The van der Waals surface area contributed by atoms with Crippen molar-refractivity contribution in [3.63, 3.8) is 0 Å². The molecule has 1 unspecified atom stereocenters. The number of rotatable bonds is 5. The number of imide groups is 1. The SMILES string of the molecule is COC(OC)C1CN(c2ccc3c(n2)CN(C2CCC(=O)NC2=O)C3=O)C1. The molecule has 1 atom stereocenters. The minimum atomic E-state index is -0.620. The van der Waals surface area contributed by atoms with Crippen LogP contribution in [0.1, 0.15) is 28.9 Å². The first-order chi connectivity index (χ1) is 13.0. The van der Waals surface area contributed by atoms with Gasteiger partial charge >= 0.3 is 0 Å². The summed E-state index contributed by atoms with van der Waals surface area (Å²) in [5.74, 6) is 0.159. The summed E-state index contributed by atoms with van der Waals surface area (Å²) in [7, 11) is 3.25. The second-order valence-electron chi connectivity index (χ2n) is 7.07. The second-order valence-corrected chi connectivity index (χ2v) is 7.07. The molecule has 0 aliphatic carbocycles. The van der Waals surface area contributed by atoms with Crippen LogP contribution in [0.3, 0.4) is 0 Å². The van der Waals surface area contributed by atoms with Gasteiger partial charge < -0.3 is 19.3 Å². The zero-order chi connectivity index (χ0) is 19.1. The summed E-state index contributed by atoms with van der Waals surface area (Å²) in [5.41, 5.74) is 1.19. The molecule has 0 radical (unpaired) electrons. The lowest BCUT2D eigenvalue weighted by atomic mass is 9.99. The van der Waals surface area contributed by atoms with Gasteiger partial charge in [-0.3, -0.25) is 19.7 Å². The Kier molecular flexibility index (Phi) is 4.56. The first kappa shape index (κ1) is 17.9. The van der Waals surface area contributed by atoms with Gasteiger partial charge in [-0.25, -0.2) is 4.98 Å². The van der Waals surface area contributed by atoms with E-state index in [1.165, 1.54) is 4.90 Å². The summed E-state index contributed by atoms with van der Waals surface area (Å²) in [5, 5.41) is 2.30. The molecule has 1 aromatic rings. The number of nitrogens with zero attached hydrogens (tertiary/aromatic N) is 3. The number of pyridine rings is 1. The maximum absolute atomic E-state index is 12.7. The molecule has 0 bridgehead atoms. The maximum atomic E-state index is 12.7. The summed E-state index contributed by atoms with van der Waals surface area (Å²) >= 11 is 0. The zero-order valence-electron chi connectivity index (χ0n) is 15.3. The lowest BCUT2D eigenvalue weighted by Crippen LogP contribution is -2.53. The lowest BCUT2D eigenvalue weighted by Gasteiger charge is -2.42. The van der Waals surface area contributed by atoms with Crippen LogP contribution in [0.2, 0.25) is 0 Å². The molecule has 0 saturated carbocycles. The standard InChI is InChI=1S/C18H22N4O5/c1-26-18(27-2)10-7-21(8-10)14-5-3-11-12(19-14)9-22(17(11)25)13-4-6-15(23)20-16(13)24/h3,5,10,13,18H,4,6-9H2,1-2H3,(H,20,23,24). The van der Waals surface area contributed by atoms with E-state index < -0.39 is 11.9 Å². The summed E-state index contributed by atoms with van der Waals surface area (Å²) in [6, 6.07) is 2.98. The van der Waals surface area contributed by atoms with E-state index >= 15 is 0 Å². The van der Waals surface area contributed by atoms with Gasteiger partial charge in [0.1, 0.15) is 11.9 Å². The second kappa shape index (κ2) is 6.90. The fourth-order valence-corrected chi connectivity index (χ4v) is 3.95. The molecule has 3 aliphatic heterocycles. The quantitative estimate of drug-likeness (QED) is 0.567. The Morgan fingerprint density at radius 1 is 1.19 bits per heavy atom. The number of ether oxygens (including phenoxy) is 2. The Labute approximate surface area is 156 Å². The molecule has 3 aliphatic rings. The summed E-state index contributed by atoms with van der Waals surface area (Å²) in [6.07, 6.45) is 0.352. The van der Waals surface area contributed by atoms with Crippen LogP contribution in [0.15, 0.2) is 12.1 Å². The van der Waals surface area contributed by atoms with Crippen LogP contribution in [-0.4, -0.2) is 67.2 Å². The number of hydrogen-bond donors (Lipinski definition) is 1. The van der Waals surface area contributed by atoms with Crippen molar-refractivity contribution in [1.82, 2.24) is 15.2 Å². The molecular formula is C18H22N4O5. The van der Waals surface area contributed by atoms with Crippen molar-refractivity contribution in [3.05, 3.63) is 23.4 Å². The molecule has 9 nitrogen and oxygen atoms in total. The molecule has 27 heavy (non-hydrogen) atoms. The van der Waals surface area contributed by atoms with E-state index in [9.17, 15) is 14.4 Å². The fourth-order valence-electron chi connectivity index (χ4n) is 3.95. The van der Waals surface area contributed by atoms with Crippen molar-refractivity contribution in [2.75, 3.05) is 32.2 Å². The number of amides is 3. The minimum absolute atomic E-state index is 0.209. The molecule has 3 amide bonds. The van der Waals surface area contributed by atoms with Crippen LogP contribution in [0.4, 0.5) is 5.82 Å². The number of aromatic nitrogens is 1. The van der Waals surface area contributed by atoms with Gasteiger partial charge in [0.05, 0.1) is 17.8 Å². The molecule has 2 fully saturated rings. The normalized spacial score (nSPS) is 22.9. The molecule has 1 N–H and O–H groups in total. The van der Waals surface area contributed by atoms with Crippen molar-refractivity contribution >= 4 is 23.5 Å². The number of fused-ring (bicyclic) bond motifs is 1. The largest absolute Gasteiger partial charge is 0.356 e. The lowest BCUT2D eigenvalue weighted by molar-refractivity contribution is -0.142. The number of hydrogen-bond acceptors (Lipinski definition) is 7. The number of nitrogens with one attached hydrogen (secondary N) is 1. The highest BCUT2D eigenvalue weighted by Crippen LogP contribution is 2.31. The Morgan fingerprint density at radius 2 is 1.93 bits per heavy atom. The Hall–Kier alpha value is -2.52. The van der Waals surface area contributed by atoms with Crippen LogP contribution in [0, 0.1) is 5.92 Å². The number of anilines is 1. The average Bonchev–Trinajstić information content (AvgIpc) is 2.93. The molecule has 144 valence electrons. The summed E-state index contributed by atoms with van der Waals surface area (Å²) < 4.78 is 10.6. The average molecular weight is 374 g/mol. The van der Waals surface area contributed by atoms with E-state index in [1.54, 1.807) is 20.3 Å². The molecule has 4 heterocycles. The van der Waals surface area contributed by atoms with Gasteiger partial charge in [-0.15, -0.1) is 0 Å². The number of carbonyl (C=O) groups is 3. The zero-order valence-corrected chi connectivity index (χ0v) is 15.3. The van der Waals surface area contributed by atoms with E-state index in [-0.39, 0.29) is 37.0 Å². The Morgan fingerprint density at radius 3 is 2.59 bits per heavy atom. The van der Waals surface area contributed by atoms with Crippen LogP contribution in [0.5, 0.6) is 0 Å². The highest BCUT2D eigenvalue weighted by Gasteiger charge is 2.40. The van der Waals surface area contributed by atoms with Gasteiger partial charge in [0.25, 0.3) is 5.91 Å². The fraction of sp³-hybridized carbons (Fsp3) is 0.556. The summed E-state index contributed by atoms with van der Waals surface area (Å²) in [6.45, 7) is 1.82. The van der Waals surface area contributed by atoms with Crippen molar-refractivity contribution in [3.8, 4) is 0 Å². The topological polar surface area (TPSA) is 101 Å². The van der Waals surface area contributed by atoms with E-state index in [0.29, 0.717) is 17.7 Å². The third-order valence-corrected chi connectivity index (χ3v) is 5.44. The van der Waals surface area contributed by atoms with Crippen LogP contribution in [0.25, 0.3) is 0 Å². The molecule has 1 aromatic heterocycles. The Bertz CT molecular complexity index is 788. The highest BCUT2D eigenvalue weighted by molar-refractivity contribution is 6.05. The van der Waals surface area contributed by atoms with Gasteiger partial charge in [0.2, 0.25) is 11.8 Å². The third kappa shape index (κ3) is 3.06. The molecule has 0 spiro atoms. The highest BCUT2D eigenvalue weighted by atomic mass is 16.7. The van der Waals surface area contributed by atoms with E-state index in [4.69, 9.17) is 9.47 Å².